The number of rotatable bonds is 3. The molecule has 0 spiro atoms. The third-order valence-corrected chi connectivity index (χ3v) is 3.78. The maximum Gasteiger partial charge on any atom is 0.331 e. The maximum absolute atomic E-state index is 11.8. The van der Waals surface area contributed by atoms with Crippen LogP contribution in [0.15, 0.2) is 11.4 Å². The van der Waals surface area contributed by atoms with Crippen molar-refractivity contribution in [1.29, 1.82) is 0 Å². The fourth-order valence-corrected chi connectivity index (χ4v) is 2.96. The number of carbonyl (C=O) groups is 2. The van der Waals surface area contributed by atoms with Crippen molar-refractivity contribution in [3.05, 3.63) is 21.9 Å². The molecule has 0 radical (unpaired) electrons. The van der Waals surface area contributed by atoms with Crippen molar-refractivity contribution in [3.8, 4) is 0 Å². The van der Waals surface area contributed by atoms with Gasteiger partial charge in [-0.1, -0.05) is 0 Å². The lowest BCUT2D eigenvalue weighted by Gasteiger charge is -2.32. The first kappa shape index (κ1) is 12.1. The van der Waals surface area contributed by atoms with Crippen molar-refractivity contribution in [2.75, 3.05) is 20.3 Å². The van der Waals surface area contributed by atoms with E-state index in [0.717, 1.165) is 10.4 Å². The molecule has 1 amide bonds. The number of thiophene rings is 1. The van der Waals surface area contributed by atoms with Gasteiger partial charge in [0.1, 0.15) is 6.61 Å². The number of amides is 1. The van der Waals surface area contributed by atoms with Gasteiger partial charge in [-0.05, 0) is 23.4 Å². The summed E-state index contributed by atoms with van der Waals surface area (Å²) in [7, 11) is 1.42. The summed E-state index contributed by atoms with van der Waals surface area (Å²) in [6.07, 6.45) is 0.715. The second-order valence-electron chi connectivity index (χ2n) is 3.81. The van der Waals surface area contributed by atoms with Gasteiger partial charge >= 0.3 is 5.97 Å². The van der Waals surface area contributed by atoms with E-state index in [0.29, 0.717) is 13.0 Å². The third kappa shape index (κ3) is 2.18. The SMILES string of the molecule is COCC(=O)N1CCc2sccc2C1C(=O)O. The summed E-state index contributed by atoms with van der Waals surface area (Å²) in [6.45, 7) is 0.357. The number of carbonyl (C=O) groups excluding carboxylic acids is 1. The summed E-state index contributed by atoms with van der Waals surface area (Å²) in [5.41, 5.74) is 0.734. The third-order valence-electron chi connectivity index (χ3n) is 2.79. The zero-order valence-corrected chi connectivity index (χ0v) is 10.2. The van der Waals surface area contributed by atoms with Gasteiger partial charge in [-0.2, -0.15) is 0 Å². The number of nitrogens with zero attached hydrogens (tertiary/aromatic N) is 1. The molecule has 1 aliphatic rings. The fraction of sp³-hybridized carbons (Fsp3) is 0.455. The lowest BCUT2D eigenvalue weighted by atomic mass is 10.00. The molecule has 92 valence electrons. The molecule has 2 heterocycles. The van der Waals surface area contributed by atoms with Crippen LogP contribution in [0.1, 0.15) is 16.5 Å². The van der Waals surface area contributed by atoms with E-state index < -0.39 is 12.0 Å². The molecule has 1 unspecified atom stereocenters. The van der Waals surface area contributed by atoms with Crippen LogP contribution in [0, 0.1) is 0 Å². The van der Waals surface area contributed by atoms with Crippen molar-refractivity contribution < 1.29 is 19.4 Å². The summed E-state index contributed by atoms with van der Waals surface area (Å²) in [4.78, 5) is 25.5. The van der Waals surface area contributed by atoms with Crippen LogP contribution in [0.4, 0.5) is 0 Å². The highest BCUT2D eigenvalue weighted by Gasteiger charge is 2.36. The van der Waals surface area contributed by atoms with E-state index in [-0.39, 0.29) is 12.5 Å². The number of hydrogen-bond acceptors (Lipinski definition) is 4. The smallest absolute Gasteiger partial charge is 0.331 e. The summed E-state index contributed by atoms with van der Waals surface area (Å²) >= 11 is 1.54. The van der Waals surface area contributed by atoms with Crippen molar-refractivity contribution in [3.63, 3.8) is 0 Å². The van der Waals surface area contributed by atoms with E-state index in [1.54, 1.807) is 17.4 Å². The van der Waals surface area contributed by atoms with Crippen LogP contribution in [0.2, 0.25) is 0 Å². The highest BCUT2D eigenvalue weighted by molar-refractivity contribution is 7.10. The van der Waals surface area contributed by atoms with Gasteiger partial charge in [0.25, 0.3) is 0 Å². The Hall–Kier alpha value is -1.40. The molecule has 5 nitrogen and oxygen atoms in total. The molecular weight excluding hydrogens is 242 g/mol. The van der Waals surface area contributed by atoms with Gasteiger partial charge in [0.05, 0.1) is 0 Å². The number of aliphatic carboxylic acids is 1. The van der Waals surface area contributed by atoms with Gasteiger partial charge in [0.15, 0.2) is 6.04 Å². The van der Waals surface area contributed by atoms with Gasteiger partial charge in [0, 0.05) is 18.5 Å². The second-order valence-corrected chi connectivity index (χ2v) is 4.81. The van der Waals surface area contributed by atoms with Crippen LogP contribution in [0.25, 0.3) is 0 Å². The first-order chi connectivity index (χ1) is 8.15. The van der Waals surface area contributed by atoms with Gasteiger partial charge in [-0.15, -0.1) is 11.3 Å². The number of hydrogen-bond donors (Lipinski definition) is 1. The predicted octanol–water partition coefficient (Wildman–Crippen LogP) is 0.905. The molecule has 6 heteroatoms. The number of carboxylic acids is 1. The zero-order valence-electron chi connectivity index (χ0n) is 9.38. The molecule has 17 heavy (non-hydrogen) atoms. The van der Waals surface area contributed by atoms with Crippen LogP contribution in [-0.4, -0.2) is 42.1 Å². The monoisotopic (exact) mass is 255 g/mol. The van der Waals surface area contributed by atoms with Gasteiger partial charge < -0.3 is 14.7 Å². The highest BCUT2D eigenvalue weighted by atomic mass is 32.1. The first-order valence-corrected chi connectivity index (χ1v) is 6.10. The molecule has 0 bridgehead atoms. The molecule has 0 aromatic carbocycles. The van der Waals surface area contributed by atoms with Crippen LogP contribution in [0.5, 0.6) is 0 Å². The zero-order chi connectivity index (χ0) is 12.4. The highest BCUT2D eigenvalue weighted by Crippen LogP contribution is 2.33. The van der Waals surface area contributed by atoms with E-state index >= 15 is 0 Å². The Bertz CT molecular complexity index is 442. The average Bonchev–Trinajstić information content (AvgIpc) is 2.75. The summed E-state index contributed by atoms with van der Waals surface area (Å²) in [6, 6.07) is 0.915. The average molecular weight is 255 g/mol. The van der Waals surface area contributed by atoms with Crippen LogP contribution >= 0.6 is 11.3 Å². The van der Waals surface area contributed by atoms with Crippen molar-refractivity contribution in [2.24, 2.45) is 0 Å². The first-order valence-electron chi connectivity index (χ1n) is 5.22. The molecule has 1 N–H and O–H groups in total. The Kier molecular flexibility index (Phi) is 3.44. The molecule has 0 fully saturated rings. The van der Waals surface area contributed by atoms with Gasteiger partial charge in [-0.3, -0.25) is 4.79 Å². The second kappa shape index (κ2) is 4.85. The Morgan fingerprint density at radius 3 is 3.06 bits per heavy atom. The summed E-state index contributed by atoms with van der Waals surface area (Å²) in [5.74, 6) is -1.27. The van der Waals surface area contributed by atoms with Crippen molar-refractivity contribution in [1.82, 2.24) is 4.90 Å². The lowest BCUT2D eigenvalue weighted by molar-refractivity contribution is -0.152. The largest absolute Gasteiger partial charge is 0.479 e. The molecule has 2 rings (SSSR count). The predicted molar refractivity (Wildman–Crippen MR) is 62.0 cm³/mol. The van der Waals surface area contributed by atoms with Gasteiger partial charge in [0.2, 0.25) is 5.91 Å². The molecule has 0 saturated carbocycles. The molecule has 0 aliphatic carbocycles. The minimum Gasteiger partial charge on any atom is -0.479 e. The summed E-state index contributed by atoms with van der Waals surface area (Å²) < 4.78 is 4.77. The quantitative estimate of drug-likeness (QED) is 0.871. The maximum atomic E-state index is 11.8. The molecule has 1 atom stereocenters. The Morgan fingerprint density at radius 2 is 2.41 bits per heavy atom. The van der Waals surface area contributed by atoms with E-state index in [1.165, 1.54) is 12.0 Å². The molecule has 1 aromatic rings. The molecule has 1 aromatic heterocycles. The molecule has 1 aliphatic heterocycles. The van der Waals surface area contributed by atoms with Crippen LogP contribution in [0.3, 0.4) is 0 Å². The number of fused-ring (bicyclic) bond motifs is 1. The number of carboxylic acid groups (broad SMARTS) is 1. The van der Waals surface area contributed by atoms with Crippen LogP contribution in [-0.2, 0) is 20.7 Å². The van der Waals surface area contributed by atoms with E-state index in [4.69, 9.17) is 4.74 Å². The number of ether oxygens (including phenoxy) is 1. The molecule has 0 saturated heterocycles. The lowest BCUT2D eigenvalue weighted by Crippen LogP contribution is -2.44. The Labute approximate surface area is 103 Å². The van der Waals surface area contributed by atoms with Crippen molar-refractivity contribution in [2.45, 2.75) is 12.5 Å². The van der Waals surface area contributed by atoms with E-state index in [2.05, 4.69) is 0 Å². The van der Waals surface area contributed by atoms with Crippen molar-refractivity contribution >= 4 is 23.2 Å². The number of methoxy groups -OCH3 is 1. The topological polar surface area (TPSA) is 66.8 Å². The molecular formula is C11H13NO4S. The Balaban J connectivity index is 2.30. The minimum absolute atomic E-state index is 0.0801. The van der Waals surface area contributed by atoms with E-state index in [9.17, 15) is 14.7 Å². The minimum atomic E-state index is -0.992. The normalized spacial score (nSPS) is 18.9. The fourth-order valence-electron chi connectivity index (χ4n) is 2.06. The summed E-state index contributed by atoms with van der Waals surface area (Å²) in [5, 5.41) is 11.1. The van der Waals surface area contributed by atoms with E-state index in [1.807, 2.05) is 5.38 Å². The van der Waals surface area contributed by atoms with Gasteiger partial charge in [-0.25, -0.2) is 4.79 Å². The van der Waals surface area contributed by atoms with Crippen LogP contribution < -0.4 is 0 Å². The Morgan fingerprint density at radius 1 is 1.65 bits per heavy atom. The standard InChI is InChI=1S/C11H13NO4S/c1-16-6-9(13)12-4-2-8-7(3-5-17-8)10(12)11(14)15/h3,5,10H,2,4,6H2,1H3,(H,14,15).